The Kier molecular flexibility index (Phi) is 21.4. The monoisotopic (exact) mass is 625 g/mol. The van der Waals surface area contributed by atoms with E-state index >= 15 is 0 Å². The standard InChI is InChI=1S/C22H48N6.C6H3N3O7/c1-5-9-13-25-15-19-27(17-11-7-3)21(23)22(24)28(18-12-8-4)20-16-26-14-10-6-2;10-6-4(8(13)14)1-3(7(11)12)2-5(6)9(15)16/h23-26H,5-20H2,1-4H3;1-2,10H. The van der Waals surface area contributed by atoms with E-state index < -0.39 is 37.6 Å². The Hall–Kier alpha value is -3.92. The van der Waals surface area contributed by atoms with Gasteiger partial charge in [-0.15, -0.1) is 0 Å². The molecule has 0 fully saturated rings. The Bertz CT molecular complexity index is 985. The molecule has 0 aliphatic heterocycles. The Morgan fingerprint density at radius 2 is 1.02 bits per heavy atom. The van der Waals surface area contributed by atoms with Crippen molar-refractivity contribution in [3.63, 3.8) is 0 Å². The van der Waals surface area contributed by atoms with Crippen LogP contribution in [-0.2, 0) is 0 Å². The van der Waals surface area contributed by atoms with Gasteiger partial charge in [0.25, 0.3) is 11.4 Å². The number of nitrogens with one attached hydrogen (secondary N) is 4. The van der Waals surface area contributed by atoms with Crippen molar-refractivity contribution in [1.29, 1.82) is 10.8 Å². The number of aromatic hydroxyl groups is 1. The van der Waals surface area contributed by atoms with Crippen LogP contribution < -0.4 is 10.6 Å². The highest BCUT2D eigenvalue weighted by Gasteiger charge is 2.30. The number of amidine groups is 2. The molecule has 0 amide bonds. The summed E-state index contributed by atoms with van der Waals surface area (Å²) < 4.78 is 0. The summed E-state index contributed by atoms with van der Waals surface area (Å²) in [6.45, 7) is 16.0. The van der Waals surface area contributed by atoms with Crippen molar-refractivity contribution in [2.24, 2.45) is 0 Å². The summed E-state index contributed by atoms with van der Waals surface area (Å²) in [6.07, 6.45) is 9.15. The molecule has 0 saturated heterocycles. The minimum Gasteiger partial charge on any atom is -0.497 e. The summed E-state index contributed by atoms with van der Waals surface area (Å²) in [5.74, 6) is -0.439. The van der Waals surface area contributed by atoms with Crippen molar-refractivity contribution in [2.75, 3.05) is 52.4 Å². The Morgan fingerprint density at radius 1 is 0.659 bits per heavy atom. The number of hydrogen-bond donors (Lipinski definition) is 5. The lowest BCUT2D eigenvalue weighted by atomic mass is 10.2. The lowest BCUT2D eigenvalue weighted by Crippen LogP contribution is -2.48. The van der Waals surface area contributed by atoms with E-state index in [-0.39, 0.29) is 0 Å². The van der Waals surface area contributed by atoms with Gasteiger partial charge in [-0.2, -0.15) is 0 Å². The Labute approximate surface area is 259 Å². The number of rotatable bonds is 21. The molecule has 0 unspecified atom stereocenters. The van der Waals surface area contributed by atoms with Gasteiger partial charge in [-0.05, 0) is 38.8 Å². The second-order valence-electron chi connectivity index (χ2n) is 10.2. The van der Waals surface area contributed by atoms with E-state index in [1.807, 2.05) is 0 Å². The third-order valence-corrected chi connectivity index (χ3v) is 6.61. The van der Waals surface area contributed by atoms with Crippen molar-refractivity contribution in [3.05, 3.63) is 42.5 Å². The average Bonchev–Trinajstić information content (AvgIpc) is 2.99. The van der Waals surface area contributed by atoms with E-state index in [1.165, 1.54) is 25.7 Å². The lowest BCUT2D eigenvalue weighted by Gasteiger charge is -2.31. The number of non-ortho nitro benzene ring substituents is 1. The molecule has 0 bridgehead atoms. The van der Waals surface area contributed by atoms with E-state index in [9.17, 15) is 30.3 Å². The molecule has 250 valence electrons. The SMILES string of the molecule is CCCCNCCN(CCCC)C(=N)C(=N)N(CCCC)CCNCCCC.O=[N+]([O-])c1cc([N+](=O)[O-])c(O)c([N+](=O)[O-])c1. The maximum Gasteiger partial charge on any atom is 0.324 e. The van der Waals surface area contributed by atoms with Gasteiger partial charge >= 0.3 is 11.4 Å². The molecule has 0 heterocycles. The van der Waals surface area contributed by atoms with Crippen LogP contribution in [0.4, 0.5) is 17.1 Å². The van der Waals surface area contributed by atoms with Crippen LogP contribution in [-0.4, -0.2) is 93.7 Å². The molecule has 16 heteroatoms. The van der Waals surface area contributed by atoms with Crippen molar-refractivity contribution in [1.82, 2.24) is 20.4 Å². The van der Waals surface area contributed by atoms with Crippen LogP contribution in [0, 0.1) is 41.2 Å². The second-order valence-corrected chi connectivity index (χ2v) is 10.2. The maximum absolute atomic E-state index is 10.4. The molecule has 44 heavy (non-hydrogen) atoms. The molecule has 1 rings (SSSR count). The summed E-state index contributed by atoms with van der Waals surface area (Å²) in [5.41, 5.74) is -3.00. The molecular weight excluding hydrogens is 574 g/mol. The molecule has 0 spiro atoms. The highest BCUT2D eigenvalue weighted by molar-refractivity contribution is 6.37. The van der Waals surface area contributed by atoms with Gasteiger partial charge in [-0.3, -0.25) is 41.2 Å². The molecule has 0 aliphatic rings. The first-order valence-electron chi connectivity index (χ1n) is 15.3. The average molecular weight is 626 g/mol. The number of hydrogen-bond acceptors (Lipinski definition) is 11. The van der Waals surface area contributed by atoms with Crippen molar-refractivity contribution < 1.29 is 19.9 Å². The summed E-state index contributed by atoms with van der Waals surface area (Å²) >= 11 is 0. The van der Waals surface area contributed by atoms with E-state index in [2.05, 4.69) is 48.1 Å². The summed E-state index contributed by atoms with van der Waals surface area (Å²) in [7, 11) is 0. The number of nitro groups is 3. The van der Waals surface area contributed by atoms with Gasteiger partial charge in [0.05, 0.1) is 26.9 Å². The normalized spacial score (nSPS) is 10.5. The summed E-state index contributed by atoms with van der Waals surface area (Å²) in [6, 6.07) is 0.894. The van der Waals surface area contributed by atoms with Crippen LogP contribution in [0.2, 0.25) is 0 Å². The molecule has 0 saturated carbocycles. The predicted molar refractivity (Wildman–Crippen MR) is 172 cm³/mol. The molecular formula is C28H51N9O7. The number of nitrogens with zero attached hydrogens (tertiary/aromatic N) is 5. The van der Waals surface area contributed by atoms with Gasteiger partial charge in [0, 0.05) is 39.3 Å². The molecule has 16 nitrogen and oxygen atoms in total. The van der Waals surface area contributed by atoms with Crippen LogP contribution in [0.1, 0.15) is 79.1 Å². The predicted octanol–water partition coefficient (Wildman–Crippen LogP) is 5.04. The van der Waals surface area contributed by atoms with E-state index in [4.69, 9.17) is 15.9 Å². The van der Waals surface area contributed by atoms with Crippen LogP contribution in [0.3, 0.4) is 0 Å². The van der Waals surface area contributed by atoms with Crippen molar-refractivity contribution >= 4 is 28.7 Å². The van der Waals surface area contributed by atoms with Gasteiger partial charge in [-0.25, -0.2) is 0 Å². The number of phenols is 1. The van der Waals surface area contributed by atoms with Crippen molar-refractivity contribution in [2.45, 2.75) is 79.1 Å². The van der Waals surface area contributed by atoms with E-state index in [1.54, 1.807) is 0 Å². The molecule has 1 aromatic rings. The summed E-state index contributed by atoms with van der Waals surface area (Å²) in [5, 5.41) is 64.5. The minimum atomic E-state index is -1.21. The van der Waals surface area contributed by atoms with Crippen molar-refractivity contribution in [3.8, 4) is 5.75 Å². The van der Waals surface area contributed by atoms with Crippen LogP contribution in [0.15, 0.2) is 12.1 Å². The van der Waals surface area contributed by atoms with E-state index in [0.29, 0.717) is 23.8 Å². The second kappa shape index (κ2) is 23.5. The largest absolute Gasteiger partial charge is 0.497 e. The first-order valence-corrected chi connectivity index (χ1v) is 15.3. The third-order valence-electron chi connectivity index (χ3n) is 6.61. The molecule has 0 atom stereocenters. The molecule has 0 aromatic heterocycles. The zero-order valence-corrected chi connectivity index (χ0v) is 26.6. The topological polar surface area (TPSA) is 228 Å². The fourth-order valence-corrected chi connectivity index (χ4v) is 3.92. The number of nitro benzene ring substituents is 3. The van der Waals surface area contributed by atoms with Gasteiger partial charge in [0.1, 0.15) is 0 Å². The van der Waals surface area contributed by atoms with Crippen LogP contribution in [0.25, 0.3) is 0 Å². The van der Waals surface area contributed by atoms with Crippen LogP contribution in [0.5, 0.6) is 5.75 Å². The Morgan fingerprint density at radius 3 is 1.32 bits per heavy atom. The molecule has 5 N–H and O–H groups in total. The fourth-order valence-electron chi connectivity index (χ4n) is 3.92. The number of unbranched alkanes of at least 4 members (excludes halogenated alkanes) is 4. The first-order chi connectivity index (χ1) is 21.0. The first kappa shape index (κ1) is 40.1. The lowest BCUT2D eigenvalue weighted by molar-refractivity contribution is -0.404. The van der Waals surface area contributed by atoms with E-state index in [0.717, 1.165) is 78.0 Å². The molecule has 0 aliphatic carbocycles. The third kappa shape index (κ3) is 15.5. The highest BCUT2D eigenvalue weighted by Crippen LogP contribution is 2.38. The molecule has 1 aromatic carbocycles. The molecule has 0 radical (unpaired) electrons. The smallest absolute Gasteiger partial charge is 0.324 e. The fraction of sp³-hybridized carbons (Fsp3) is 0.714. The Balaban J connectivity index is 0.000000971. The highest BCUT2D eigenvalue weighted by atomic mass is 16.6. The van der Waals surface area contributed by atoms with Gasteiger partial charge in [0.2, 0.25) is 0 Å². The van der Waals surface area contributed by atoms with Gasteiger partial charge in [-0.1, -0.05) is 53.4 Å². The van der Waals surface area contributed by atoms with Crippen LogP contribution >= 0.6 is 0 Å². The zero-order valence-electron chi connectivity index (χ0n) is 26.6. The van der Waals surface area contributed by atoms with Gasteiger partial charge < -0.3 is 25.5 Å². The summed E-state index contributed by atoms with van der Waals surface area (Å²) in [4.78, 5) is 32.0. The quantitative estimate of drug-likeness (QED) is 0.0399. The number of phenolic OH excluding ortho intramolecular Hbond substituents is 1. The number of benzene rings is 1. The maximum atomic E-state index is 10.4. The van der Waals surface area contributed by atoms with Gasteiger partial charge in [0.15, 0.2) is 11.7 Å². The minimum absolute atomic E-state index is 0.385. The zero-order chi connectivity index (χ0) is 33.5.